The zero-order valence-electron chi connectivity index (χ0n) is 13.5. The fourth-order valence-corrected chi connectivity index (χ4v) is 3.32. The number of pyridine rings is 1. The third kappa shape index (κ3) is 6.09. The fourth-order valence-electron chi connectivity index (χ4n) is 2.15. The van der Waals surface area contributed by atoms with Crippen LogP contribution in [-0.2, 0) is 16.6 Å². The summed E-state index contributed by atoms with van der Waals surface area (Å²) >= 11 is 0. The molecule has 6 nitrogen and oxygen atoms in total. The zero-order chi connectivity index (χ0) is 16.1. The van der Waals surface area contributed by atoms with E-state index in [9.17, 15) is 8.42 Å². The van der Waals surface area contributed by atoms with Crippen molar-refractivity contribution in [3.8, 4) is 0 Å². The van der Waals surface area contributed by atoms with Gasteiger partial charge in [0.05, 0.1) is 0 Å². The van der Waals surface area contributed by atoms with Gasteiger partial charge in [-0.3, -0.25) is 0 Å². The van der Waals surface area contributed by atoms with E-state index < -0.39 is 10.0 Å². The molecule has 2 N–H and O–H groups in total. The van der Waals surface area contributed by atoms with Crippen molar-refractivity contribution in [3.05, 3.63) is 23.9 Å². The fraction of sp³-hybridized carbons (Fsp3) is 0.643. The Balaban J connectivity index is 2.73. The molecule has 0 unspecified atom stereocenters. The largest absolute Gasteiger partial charge is 0.316 e. The first kappa shape index (κ1) is 18.0. The monoisotopic (exact) mass is 314 g/mol. The molecule has 1 aromatic heterocycles. The molecule has 21 heavy (non-hydrogen) atoms. The van der Waals surface area contributed by atoms with Crippen LogP contribution in [0, 0.1) is 5.41 Å². The molecule has 0 aromatic carbocycles. The minimum absolute atomic E-state index is 0.0583. The van der Waals surface area contributed by atoms with Gasteiger partial charge in [0.2, 0.25) is 0 Å². The molecule has 1 rings (SSSR count). The molecule has 0 bridgehead atoms. The summed E-state index contributed by atoms with van der Waals surface area (Å²) in [4.78, 5) is 6.07. The molecule has 7 heteroatoms. The maximum absolute atomic E-state index is 12.2. The van der Waals surface area contributed by atoms with Crippen molar-refractivity contribution in [1.29, 1.82) is 0 Å². The van der Waals surface area contributed by atoms with Gasteiger partial charge in [-0.05, 0) is 38.2 Å². The zero-order valence-corrected chi connectivity index (χ0v) is 14.3. The molecular weight excluding hydrogens is 288 g/mol. The van der Waals surface area contributed by atoms with Gasteiger partial charge in [-0.15, -0.1) is 0 Å². The molecule has 0 saturated carbocycles. The van der Waals surface area contributed by atoms with Gasteiger partial charge >= 0.3 is 0 Å². The molecule has 0 radical (unpaired) electrons. The summed E-state index contributed by atoms with van der Waals surface area (Å²) in [6.45, 7) is 5.88. The van der Waals surface area contributed by atoms with Crippen LogP contribution < -0.4 is 10.0 Å². The Kier molecular flexibility index (Phi) is 6.27. The van der Waals surface area contributed by atoms with Crippen LogP contribution in [0.15, 0.2) is 23.4 Å². The minimum Gasteiger partial charge on any atom is -0.316 e. The first-order chi connectivity index (χ1) is 9.66. The molecule has 0 aliphatic heterocycles. The summed E-state index contributed by atoms with van der Waals surface area (Å²) in [6.07, 6.45) is 1.58. The Morgan fingerprint density at radius 2 is 1.95 bits per heavy atom. The summed E-state index contributed by atoms with van der Waals surface area (Å²) in [5.41, 5.74) is 0.798. The van der Waals surface area contributed by atoms with Crippen molar-refractivity contribution < 1.29 is 8.42 Å². The second-order valence-corrected chi connectivity index (χ2v) is 7.98. The molecule has 120 valence electrons. The van der Waals surface area contributed by atoms with Gasteiger partial charge in [-0.25, -0.2) is 18.1 Å². The summed E-state index contributed by atoms with van der Waals surface area (Å²) in [5.74, 6) is 0. The van der Waals surface area contributed by atoms with E-state index in [0.29, 0.717) is 13.1 Å². The Hall–Kier alpha value is -1.02. The molecule has 0 fully saturated rings. The molecule has 1 heterocycles. The SMILES string of the molecule is CNCc1ccc(S(=O)(=O)NCC(C)(C)CN(C)C)nc1. The van der Waals surface area contributed by atoms with E-state index >= 15 is 0 Å². The molecule has 0 saturated heterocycles. The highest BCUT2D eigenvalue weighted by Gasteiger charge is 2.23. The van der Waals surface area contributed by atoms with Crippen LogP contribution in [-0.4, -0.2) is 52.5 Å². The third-order valence-corrected chi connectivity index (χ3v) is 4.26. The molecular formula is C14H26N4O2S. The number of hydrogen-bond donors (Lipinski definition) is 2. The number of nitrogens with one attached hydrogen (secondary N) is 2. The predicted octanol–water partition coefficient (Wildman–Crippen LogP) is 0.667. The van der Waals surface area contributed by atoms with Crippen LogP contribution in [0.5, 0.6) is 0 Å². The van der Waals surface area contributed by atoms with Crippen LogP contribution >= 0.6 is 0 Å². The Labute approximate surface area is 128 Å². The van der Waals surface area contributed by atoms with Crippen LogP contribution in [0.1, 0.15) is 19.4 Å². The average molecular weight is 314 g/mol. The van der Waals surface area contributed by atoms with Gasteiger partial charge in [0, 0.05) is 25.8 Å². The molecule has 0 atom stereocenters. The van der Waals surface area contributed by atoms with Gasteiger partial charge in [0.1, 0.15) is 0 Å². The standard InChI is InChI=1S/C14H26N4O2S/c1-14(2,11-18(4)5)10-17-21(19,20)13-7-6-12(8-15-3)9-16-13/h6-7,9,15,17H,8,10-11H2,1-5H3. The summed E-state index contributed by atoms with van der Waals surface area (Å²) < 4.78 is 27.1. The topological polar surface area (TPSA) is 74.3 Å². The van der Waals surface area contributed by atoms with Crippen molar-refractivity contribution in [1.82, 2.24) is 19.9 Å². The van der Waals surface area contributed by atoms with Crippen molar-refractivity contribution >= 4 is 10.0 Å². The molecule has 0 aliphatic carbocycles. The molecule has 0 aliphatic rings. The molecule has 0 amide bonds. The number of nitrogens with zero attached hydrogens (tertiary/aromatic N) is 2. The van der Waals surface area contributed by atoms with E-state index in [-0.39, 0.29) is 10.4 Å². The maximum atomic E-state index is 12.2. The van der Waals surface area contributed by atoms with E-state index in [2.05, 4.69) is 15.0 Å². The van der Waals surface area contributed by atoms with Crippen LogP contribution in [0.2, 0.25) is 0 Å². The number of sulfonamides is 1. The highest BCUT2D eigenvalue weighted by molar-refractivity contribution is 7.89. The third-order valence-electron chi connectivity index (χ3n) is 2.94. The van der Waals surface area contributed by atoms with E-state index in [1.165, 1.54) is 6.07 Å². The van der Waals surface area contributed by atoms with Gasteiger partial charge < -0.3 is 10.2 Å². The highest BCUT2D eigenvalue weighted by atomic mass is 32.2. The minimum atomic E-state index is -3.56. The van der Waals surface area contributed by atoms with Crippen molar-refractivity contribution in [2.75, 3.05) is 34.2 Å². The number of rotatable bonds is 8. The van der Waals surface area contributed by atoms with E-state index in [1.807, 2.05) is 39.9 Å². The first-order valence-corrected chi connectivity index (χ1v) is 8.38. The van der Waals surface area contributed by atoms with Crippen LogP contribution in [0.3, 0.4) is 0 Å². The normalized spacial score (nSPS) is 12.9. The van der Waals surface area contributed by atoms with Gasteiger partial charge in [-0.1, -0.05) is 19.9 Å². The average Bonchev–Trinajstić information content (AvgIpc) is 2.36. The smallest absolute Gasteiger partial charge is 0.258 e. The lowest BCUT2D eigenvalue weighted by atomic mass is 9.93. The second-order valence-electron chi connectivity index (χ2n) is 6.26. The lowest BCUT2D eigenvalue weighted by molar-refractivity contribution is 0.242. The van der Waals surface area contributed by atoms with Gasteiger partial charge in [-0.2, -0.15) is 0 Å². The van der Waals surface area contributed by atoms with Crippen molar-refractivity contribution in [3.63, 3.8) is 0 Å². The lowest BCUT2D eigenvalue weighted by Gasteiger charge is -2.28. The second kappa shape index (κ2) is 7.31. The van der Waals surface area contributed by atoms with Gasteiger partial charge in [0.25, 0.3) is 10.0 Å². The first-order valence-electron chi connectivity index (χ1n) is 6.90. The van der Waals surface area contributed by atoms with E-state index in [4.69, 9.17) is 0 Å². The summed E-state index contributed by atoms with van der Waals surface area (Å²) in [7, 11) is 2.21. The lowest BCUT2D eigenvalue weighted by Crippen LogP contribution is -2.40. The number of hydrogen-bond acceptors (Lipinski definition) is 5. The van der Waals surface area contributed by atoms with Gasteiger partial charge in [0.15, 0.2) is 5.03 Å². The summed E-state index contributed by atoms with van der Waals surface area (Å²) in [6, 6.07) is 3.30. The predicted molar refractivity (Wildman–Crippen MR) is 84.5 cm³/mol. The van der Waals surface area contributed by atoms with Crippen LogP contribution in [0.4, 0.5) is 0 Å². The van der Waals surface area contributed by atoms with Crippen LogP contribution in [0.25, 0.3) is 0 Å². The highest BCUT2D eigenvalue weighted by Crippen LogP contribution is 2.16. The van der Waals surface area contributed by atoms with Crippen molar-refractivity contribution in [2.45, 2.75) is 25.4 Å². The van der Waals surface area contributed by atoms with E-state index in [1.54, 1.807) is 12.3 Å². The molecule has 1 aromatic rings. The van der Waals surface area contributed by atoms with Crippen molar-refractivity contribution in [2.24, 2.45) is 5.41 Å². The Bertz CT molecular complexity index is 539. The van der Waals surface area contributed by atoms with E-state index in [0.717, 1.165) is 12.1 Å². The Morgan fingerprint density at radius 3 is 2.43 bits per heavy atom. The quantitative estimate of drug-likeness (QED) is 0.738. The maximum Gasteiger partial charge on any atom is 0.258 e. The number of aromatic nitrogens is 1. The Morgan fingerprint density at radius 1 is 1.29 bits per heavy atom. The summed E-state index contributed by atoms with van der Waals surface area (Å²) in [5, 5.41) is 3.05. The molecule has 0 spiro atoms.